The molecule has 0 radical (unpaired) electrons. The van der Waals surface area contributed by atoms with Crippen LogP contribution in [0, 0.1) is 11.8 Å². The molecule has 84 valence electrons. The summed E-state index contributed by atoms with van der Waals surface area (Å²) < 4.78 is 10.8. The van der Waals surface area contributed by atoms with Gasteiger partial charge in [0.05, 0.1) is 13.2 Å². The monoisotopic (exact) mass is 201 g/mol. The molecule has 0 heterocycles. The van der Waals surface area contributed by atoms with Crippen LogP contribution in [-0.4, -0.2) is 33.0 Å². The minimum absolute atomic E-state index is 0.696. The number of ether oxygens (including phenoxy) is 2. The molecule has 2 unspecified atom stereocenters. The Morgan fingerprint density at radius 1 is 1.14 bits per heavy atom. The largest absolute Gasteiger partial charge is 0.379 e. The number of hydrogen-bond acceptors (Lipinski definition) is 3. The van der Waals surface area contributed by atoms with E-state index in [1.54, 1.807) is 0 Å². The Bertz CT molecular complexity index is 141. The summed E-state index contributed by atoms with van der Waals surface area (Å²) in [4.78, 5) is 0. The van der Waals surface area contributed by atoms with Crippen LogP contribution in [0.2, 0.25) is 0 Å². The molecule has 2 N–H and O–H groups in total. The van der Waals surface area contributed by atoms with E-state index in [1.165, 1.54) is 19.3 Å². The minimum atomic E-state index is 0.696. The molecule has 0 saturated heterocycles. The van der Waals surface area contributed by atoms with Gasteiger partial charge in [-0.15, -0.1) is 0 Å². The molecule has 1 aliphatic rings. The fourth-order valence-electron chi connectivity index (χ4n) is 2.14. The van der Waals surface area contributed by atoms with Crippen LogP contribution in [0.3, 0.4) is 0 Å². The van der Waals surface area contributed by atoms with Crippen molar-refractivity contribution in [2.75, 3.05) is 33.0 Å². The molecule has 1 saturated carbocycles. The molecule has 0 aromatic carbocycles. The summed E-state index contributed by atoms with van der Waals surface area (Å²) in [6, 6.07) is 0. The van der Waals surface area contributed by atoms with Crippen LogP contribution in [-0.2, 0) is 9.47 Å². The molecule has 1 aliphatic carbocycles. The first-order chi connectivity index (χ1) is 6.88. The zero-order chi connectivity index (χ0) is 10.2. The van der Waals surface area contributed by atoms with E-state index >= 15 is 0 Å². The fraction of sp³-hybridized carbons (Fsp3) is 1.00. The number of rotatable bonds is 7. The summed E-state index contributed by atoms with van der Waals surface area (Å²) in [5, 5.41) is 0. The highest BCUT2D eigenvalue weighted by Gasteiger charge is 2.25. The SMILES string of the molecule is CCOCCOCC1CCCC1CN. The second-order valence-corrected chi connectivity index (χ2v) is 3.96. The molecule has 2 atom stereocenters. The third-order valence-corrected chi connectivity index (χ3v) is 3.03. The minimum Gasteiger partial charge on any atom is -0.379 e. The van der Waals surface area contributed by atoms with Crippen LogP contribution >= 0.6 is 0 Å². The number of nitrogens with two attached hydrogens (primary N) is 1. The van der Waals surface area contributed by atoms with E-state index in [2.05, 4.69) is 0 Å². The van der Waals surface area contributed by atoms with Crippen molar-refractivity contribution in [2.24, 2.45) is 17.6 Å². The zero-order valence-corrected chi connectivity index (χ0v) is 9.21. The molecular formula is C11H23NO2. The lowest BCUT2D eigenvalue weighted by Crippen LogP contribution is -2.22. The van der Waals surface area contributed by atoms with E-state index in [-0.39, 0.29) is 0 Å². The first kappa shape index (κ1) is 12.0. The van der Waals surface area contributed by atoms with E-state index in [0.717, 1.165) is 33.0 Å². The van der Waals surface area contributed by atoms with Crippen LogP contribution in [0.15, 0.2) is 0 Å². The third-order valence-electron chi connectivity index (χ3n) is 3.03. The van der Waals surface area contributed by atoms with Crippen LogP contribution < -0.4 is 5.73 Å². The molecular weight excluding hydrogens is 178 g/mol. The molecule has 0 aromatic heterocycles. The van der Waals surface area contributed by atoms with E-state index in [0.29, 0.717) is 11.8 Å². The lowest BCUT2D eigenvalue weighted by molar-refractivity contribution is 0.0319. The Hall–Kier alpha value is -0.120. The van der Waals surface area contributed by atoms with Crippen molar-refractivity contribution in [1.82, 2.24) is 0 Å². The summed E-state index contributed by atoms with van der Waals surface area (Å²) in [7, 11) is 0. The topological polar surface area (TPSA) is 44.5 Å². The van der Waals surface area contributed by atoms with Crippen molar-refractivity contribution < 1.29 is 9.47 Å². The van der Waals surface area contributed by atoms with Gasteiger partial charge in [-0.1, -0.05) is 6.42 Å². The van der Waals surface area contributed by atoms with Gasteiger partial charge >= 0.3 is 0 Å². The van der Waals surface area contributed by atoms with Gasteiger partial charge in [-0.3, -0.25) is 0 Å². The van der Waals surface area contributed by atoms with Gasteiger partial charge in [-0.25, -0.2) is 0 Å². The maximum Gasteiger partial charge on any atom is 0.0700 e. The van der Waals surface area contributed by atoms with Crippen molar-refractivity contribution >= 4 is 0 Å². The Morgan fingerprint density at radius 2 is 1.86 bits per heavy atom. The highest BCUT2D eigenvalue weighted by Crippen LogP contribution is 2.30. The van der Waals surface area contributed by atoms with Crippen molar-refractivity contribution in [3.8, 4) is 0 Å². The Labute approximate surface area is 86.9 Å². The lowest BCUT2D eigenvalue weighted by Gasteiger charge is -2.17. The van der Waals surface area contributed by atoms with Crippen molar-refractivity contribution in [1.29, 1.82) is 0 Å². The highest BCUT2D eigenvalue weighted by atomic mass is 16.5. The fourth-order valence-corrected chi connectivity index (χ4v) is 2.14. The molecule has 0 aliphatic heterocycles. The van der Waals surface area contributed by atoms with Crippen molar-refractivity contribution in [3.63, 3.8) is 0 Å². The van der Waals surface area contributed by atoms with Crippen molar-refractivity contribution in [3.05, 3.63) is 0 Å². The Balaban J connectivity index is 2.00. The average molecular weight is 201 g/mol. The van der Waals surface area contributed by atoms with Gasteiger partial charge in [-0.05, 0) is 38.1 Å². The van der Waals surface area contributed by atoms with Crippen LogP contribution in [0.5, 0.6) is 0 Å². The van der Waals surface area contributed by atoms with Crippen LogP contribution in [0.25, 0.3) is 0 Å². The second kappa shape index (κ2) is 7.21. The van der Waals surface area contributed by atoms with Gasteiger partial charge in [0.1, 0.15) is 0 Å². The van der Waals surface area contributed by atoms with E-state index in [9.17, 15) is 0 Å². The van der Waals surface area contributed by atoms with Crippen LogP contribution in [0.1, 0.15) is 26.2 Å². The molecule has 0 spiro atoms. The highest BCUT2D eigenvalue weighted by molar-refractivity contribution is 4.77. The van der Waals surface area contributed by atoms with Gasteiger partial charge in [0.2, 0.25) is 0 Å². The zero-order valence-electron chi connectivity index (χ0n) is 9.21. The standard InChI is InChI=1S/C11H23NO2/c1-2-13-6-7-14-9-11-5-3-4-10(11)8-12/h10-11H,2-9,12H2,1H3. The third kappa shape index (κ3) is 3.95. The number of hydrogen-bond donors (Lipinski definition) is 1. The summed E-state index contributed by atoms with van der Waals surface area (Å²) in [5.74, 6) is 1.39. The van der Waals surface area contributed by atoms with Gasteiger partial charge in [0.15, 0.2) is 0 Å². The molecule has 0 aromatic rings. The molecule has 0 amide bonds. The normalized spacial score (nSPS) is 27.0. The lowest BCUT2D eigenvalue weighted by atomic mass is 9.97. The maximum atomic E-state index is 5.70. The predicted molar refractivity (Wildman–Crippen MR) is 57.2 cm³/mol. The Morgan fingerprint density at radius 3 is 2.57 bits per heavy atom. The van der Waals surface area contributed by atoms with Crippen molar-refractivity contribution in [2.45, 2.75) is 26.2 Å². The summed E-state index contributed by atoms with van der Waals surface area (Å²) in [6.07, 6.45) is 3.90. The average Bonchev–Trinajstić information content (AvgIpc) is 2.65. The van der Waals surface area contributed by atoms with E-state index in [4.69, 9.17) is 15.2 Å². The quantitative estimate of drug-likeness (QED) is 0.633. The molecule has 1 rings (SSSR count). The van der Waals surface area contributed by atoms with Gasteiger partial charge < -0.3 is 15.2 Å². The summed E-state index contributed by atoms with van der Waals surface area (Å²) in [5.41, 5.74) is 5.70. The van der Waals surface area contributed by atoms with Gasteiger partial charge in [-0.2, -0.15) is 0 Å². The maximum absolute atomic E-state index is 5.70. The van der Waals surface area contributed by atoms with Gasteiger partial charge in [0, 0.05) is 13.2 Å². The second-order valence-electron chi connectivity index (χ2n) is 3.96. The molecule has 1 fully saturated rings. The first-order valence-corrected chi connectivity index (χ1v) is 5.74. The molecule has 3 heteroatoms. The molecule has 0 bridgehead atoms. The smallest absolute Gasteiger partial charge is 0.0700 e. The molecule has 14 heavy (non-hydrogen) atoms. The summed E-state index contributed by atoms with van der Waals surface area (Å²) in [6.45, 7) is 5.91. The van der Waals surface area contributed by atoms with E-state index < -0.39 is 0 Å². The van der Waals surface area contributed by atoms with E-state index in [1.807, 2.05) is 6.92 Å². The Kier molecular flexibility index (Phi) is 6.15. The molecule has 3 nitrogen and oxygen atoms in total. The first-order valence-electron chi connectivity index (χ1n) is 5.74. The predicted octanol–water partition coefficient (Wildman–Crippen LogP) is 1.41. The van der Waals surface area contributed by atoms with Crippen LogP contribution in [0.4, 0.5) is 0 Å². The summed E-state index contributed by atoms with van der Waals surface area (Å²) >= 11 is 0. The van der Waals surface area contributed by atoms with Gasteiger partial charge in [0.25, 0.3) is 0 Å².